The summed E-state index contributed by atoms with van der Waals surface area (Å²) in [6.07, 6.45) is 3.78. The molecule has 0 saturated heterocycles. The lowest BCUT2D eigenvalue weighted by molar-refractivity contribution is 0.446. The van der Waals surface area contributed by atoms with Crippen LogP contribution < -0.4 is 5.32 Å². The highest BCUT2D eigenvalue weighted by atomic mass is 32.2. The molecule has 0 spiro atoms. The van der Waals surface area contributed by atoms with E-state index in [2.05, 4.69) is 43.4 Å². The second-order valence-electron chi connectivity index (χ2n) is 4.84. The van der Waals surface area contributed by atoms with E-state index in [0.29, 0.717) is 12.1 Å². The highest BCUT2D eigenvalue weighted by Crippen LogP contribution is 2.31. The maximum atomic E-state index is 3.78. The Labute approximate surface area is 109 Å². The molecule has 2 unspecified atom stereocenters. The molecule has 2 heteroatoms. The molecular formula is C15H23NS. The number of fused-ring (bicyclic) bond motifs is 1. The van der Waals surface area contributed by atoms with Crippen molar-refractivity contribution in [2.45, 2.75) is 45.2 Å². The summed E-state index contributed by atoms with van der Waals surface area (Å²) in [6.45, 7) is 4.55. The summed E-state index contributed by atoms with van der Waals surface area (Å²) in [7, 11) is 0. The Kier molecular flexibility index (Phi) is 4.93. The quantitative estimate of drug-likeness (QED) is 0.770. The monoisotopic (exact) mass is 249 g/mol. The molecular weight excluding hydrogens is 226 g/mol. The summed E-state index contributed by atoms with van der Waals surface area (Å²) in [6, 6.07) is 10.1. The summed E-state index contributed by atoms with van der Waals surface area (Å²) >= 11 is 2.04. The predicted molar refractivity (Wildman–Crippen MR) is 77.7 cm³/mol. The van der Waals surface area contributed by atoms with Gasteiger partial charge in [-0.05, 0) is 48.8 Å². The van der Waals surface area contributed by atoms with Crippen LogP contribution >= 0.6 is 11.8 Å². The zero-order valence-electron chi connectivity index (χ0n) is 10.9. The Bertz CT molecular complexity index is 351. The van der Waals surface area contributed by atoms with Crippen molar-refractivity contribution in [3.05, 3.63) is 35.4 Å². The molecule has 1 aliphatic rings. The summed E-state index contributed by atoms with van der Waals surface area (Å²) < 4.78 is 0. The minimum atomic E-state index is 0.591. The maximum Gasteiger partial charge on any atom is 0.0328 e. The lowest BCUT2D eigenvalue weighted by Crippen LogP contribution is -2.29. The van der Waals surface area contributed by atoms with Crippen LogP contribution in [0.1, 0.15) is 43.9 Å². The van der Waals surface area contributed by atoms with Gasteiger partial charge in [0.2, 0.25) is 0 Å². The van der Waals surface area contributed by atoms with Gasteiger partial charge < -0.3 is 5.32 Å². The Morgan fingerprint density at radius 2 is 2.24 bits per heavy atom. The zero-order valence-corrected chi connectivity index (χ0v) is 11.7. The van der Waals surface area contributed by atoms with Crippen LogP contribution in [-0.4, -0.2) is 17.5 Å². The Morgan fingerprint density at radius 1 is 1.41 bits per heavy atom. The van der Waals surface area contributed by atoms with Crippen LogP contribution in [0.2, 0.25) is 0 Å². The first-order valence-corrected chi connectivity index (χ1v) is 7.88. The third-order valence-corrected chi connectivity index (χ3v) is 4.45. The van der Waals surface area contributed by atoms with Gasteiger partial charge in [-0.15, -0.1) is 0 Å². The molecule has 1 aliphatic carbocycles. The van der Waals surface area contributed by atoms with Crippen molar-refractivity contribution in [3.63, 3.8) is 0 Å². The van der Waals surface area contributed by atoms with Gasteiger partial charge in [-0.2, -0.15) is 11.8 Å². The second kappa shape index (κ2) is 6.46. The van der Waals surface area contributed by atoms with E-state index in [1.54, 1.807) is 5.56 Å². The molecule has 2 atom stereocenters. The number of benzene rings is 1. The van der Waals surface area contributed by atoms with E-state index in [-0.39, 0.29) is 0 Å². The van der Waals surface area contributed by atoms with Crippen molar-refractivity contribution in [1.82, 2.24) is 5.32 Å². The molecule has 1 N–H and O–H groups in total. The van der Waals surface area contributed by atoms with Gasteiger partial charge in [-0.3, -0.25) is 0 Å². The molecule has 2 rings (SSSR count). The van der Waals surface area contributed by atoms with Gasteiger partial charge in [0.25, 0.3) is 0 Å². The number of rotatable bonds is 6. The number of thioether (sulfide) groups is 1. The Hall–Kier alpha value is -0.470. The first-order chi connectivity index (χ1) is 8.31. The number of hydrogen-bond acceptors (Lipinski definition) is 2. The molecule has 0 fully saturated rings. The van der Waals surface area contributed by atoms with Gasteiger partial charge in [-0.1, -0.05) is 31.2 Å². The largest absolute Gasteiger partial charge is 0.307 e. The molecule has 0 aromatic heterocycles. The fraction of sp³-hybridized carbons (Fsp3) is 0.600. The van der Waals surface area contributed by atoms with Crippen LogP contribution in [0.4, 0.5) is 0 Å². The van der Waals surface area contributed by atoms with Crippen molar-refractivity contribution < 1.29 is 0 Å². The van der Waals surface area contributed by atoms with E-state index in [1.165, 1.54) is 36.3 Å². The number of hydrogen-bond donors (Lipinski definition) is 1. The summed E-state index contributed by atoms with van der Waals surface area (Å²) in [5.74, 6) is 2.51. The molecule has 1 nitrogen and oxygen atoms in total. The molecule has 17 heavy (non-hydrogen) atoms. The van der Waals surface area contributed by atoms with Crippen molar-refractivity contribution in [2.75, 3.05) is 11.5 Å². The van der Waals surface area contributed by atoms with Crippen LogP contribution in [0.15, 0.2) is 24.3 Å². The molecule has 94 valence electrons. The van der Waals surface area contributed by atoms with Crippen molar-refractivity contribution in [2.24, 2.45) is 0 Å². The number of aryl methyl sites for hydroxylation is 1. The van der Waals surface area contributed by atoms with Crippen molar-refractivity contribution in [3.8, 4) is 0 Å². The smallest absolute Gasteiger partial charge is 0.0328 e. The molecule has 0 radical (unpaired) electrons. The molecule has 0 heterocycles. The summed E-state index contributed by atoms with van der Waals surface area (Å²) in [4.78, 5) is 0. The van der Waals surface area contributed by atoms with Crippen LogP contribution in [0.3, 0.4) is 0 Å². The van der Waals surface area contributed by atoms with Crippen LogP contribution in [0, 0.1) is 0 Å². The van der Waals surface area contributed by atoms with Gasteiger partial charge in [0.1, 0.15) is 0 Å². The first kappa shape index (κ1) is 13.0. The summed E-state index contributed by atoms with van der Waals surface area (Å²) in [5.41, 5.74) is 3.07. The molecule has 0 saturated carbocycles. The third kappa shape index (κ3) is 3.49. The Balaban J connectivity index is 1.84. The lowest BCUT2D eigenvalue weighted by atomic mass is 10.1. The molecule has 1 aromatic carbocycles. The predicted octanol–water partition coefficient (Wildman–Crippen LogP) is 3.80. The highest BCUT2D eigenvalue weighted by molar-refractivity contribution is 7.99. The SMILES string of the molecule is CCSCCC(C)NC1CCc2ccccc21. The van der Waals surface area contributed by atoms with E-state index in [4.69, 9.17) is 0 Å². The minimum Gasteiger partial charge on any atom is -0.307 e. The fourth-order valence-corrected chi connectivity index (χ4v) is 3.37. The highest BCUT2D eigenvalue weighted by Gasteiger charge is 2.22. The van der Waals surface area contributed by atoms with Crippen molar-refractivity contribution in [1.29, 1.82) is 0 Å². The molecule has 0 aliphatic heterocycles. The second-order valence-corrected chi connectivity index (χ2v) is 6.24. The molecule has 1 aromatic rings. The van der Waals surface area contributed by atoms with E-state index < -0.39 is 0 Å². The molecule has 0 amide bonds. The summed E-state index contributed by atoms with van der Waals surface area (Å²) in [5, 5.41) is 3.78. The Morgan fingerprint density at radius 3 is 3.06 bits per heavy atom. The van der Waals surface area contributed by atoms with Gasteiger partial charge >= 0.3 is 0 Å². The van der Waals surface area contributed by atoms with Gasteiger partial charge in [0.05, 0.1) is 0 Å². The maximum absolute atomic E-state index is 3.78. The fourth-order valence-electron chi connectivity index (χ4n) is 2.56. The van der Waals surface area contributed by atoms with Gasteiger partial charge in [0, 0.05) is 12.1 Å². The lowest BCUT2D eigenvalue weighted by Gasteiger charge is -2.20. The normalized spacial score (nSPS) is 20.2. The van der Waals surface area contributed by atoms with E-state index in [0.717, 1.165) is 0 Å². The van der Waals surface area contributed by atoms with Crippen LogP contribution in [0.25, 0.3) is 0 Å². The first-order valence-electron chi connectivity index (χ1n) is 6.73. The topological polar surface area (TPSA) is 12.0 Å². The van der Waals surface area contributed by atoms with E-state index in [9.17, 15) is 0 Å². The van der Waals surface area contributed by atoms with E-state index >= 15 is 0 Å². The van der Waals surface area contributed by atoms with Gasteiger partial charge in [-0.25, -0.2) is 0 Å². The van der Waals surface area contributed by atoms with Crippen LogP contribution in [0.5, 0.6) is 0 Å². The van der Waals surface area contributed by atoms with Crippen molar-refractivity contribution >= 4 is 11.8 Å². The average molecular weight is 249 g/mol. The average Bonchev–Trinajstić information content (AvgIpc) is 2.73. The third-order valence-electron chi connectivity index (χ3n) is 3.52. The minimum absolute atomic E-state index is 0.591. The van der Waals surface area contributed by atoms with E-state index in [1.807, 2.05) is 11.8 Å². The number of nitrogens with one attached hydrogen (secondary N) is 1. The van der Waals surface area contributed by atoms with Crippen LogP contribution in [-0.2, 0) is 6.42 Å². The standard InChI is InChI=1S/C15H23NS/c1-3-17-11-10-12(2)16-15-9-8-13-6-4-5-7-14(13)15/h4-7,12,15-16H,3,8-11H2,1-2H3. The molecule has 0 bridgehead atoms. The van der Waals surface area contributed by atoms with Gasteiger partial charge in [0.15, 0.2) is 0 Å². The zero-order chi connectivity index (χ0) is 12.1.